The van der Waals surface area contributed by atoms with Crippen LogP contribution in [0.5, 0.6) is 0 Å². The van der Waals surface area contributed by atoms with Gasteiger partial charge < -0.3 is 9.32 Å². The first kappa shape index (κ1) is 24.1. The van der Waals surface area contributed by atoms with E-state index >= 15 is 0 Å². The van der Waals surface area contributed by atoms with Gasteiger partial charge in [-0.25, -0.2) is 4.98 Å². The predicted octanol–water partition coefficient (Wildman–Crippen LogP) is 7.64. The van der Waals surface area contributed by atoms with Gasteiger partial charge in [0.05, 0.1) is 52.5 Å². The number of oxazole rings is 1. The van der Waals surface area contributed by atoms with Crippen molar-refractivity contribution in [3.8, 4) is 40.9 Å². The lowest BCUT2D eigenvalue weighted by molar-refractivity contribution is 0.620. The van der Waals surface area contributed by atoms with Crippen molar-refractivity contribution < 1.29 is 4.42 Å². The highest BCUT2D eigenvalue weighted by molar-refractivity contribution is 5.80. The van der Waals surface area contributed by atoms with Gasteiger partial charge >= 0.3 is 0 Å². The lowest BCUT2D eigenvalue weighted by Crippen LogP contribution is -2.11. The molecule has 2 aromatic heterocycles. The predicted molar refractivity (Wildman–Crippen MR) is 152 cm³/mol. The third-order valence-corrected chi connectivity index (χ3v) is 6.42. The minimum Gasteiger partial charge on any atom is -0.436 e. The first-order valence-electron chi connectivity index (χ1n) is 12.3. The SMILES string of the molecule is N#Cc1ccc(-c2ccc(N(c3ccc(-c4nc5ccccc5o4)cc3)c3cc(C#N)cc(C#N)c3)cn2)cc1. The van der Waals surface area contributed by atoms with E-state index in [9.17, 15) is 10.5 Å². The largest absolute Gasteiger partial charge is 0.436 e. The first-order chi connectivity index (χ1) is 19.6. The number of para-hydroxylation sites is 2. The van der Waals surface area contributed by atoms with Crippen LogP contribution in [-0.4, -0.2) is 9.97 Å². The average molecular weight is 515 g/mol. The molecule has 0 aliphatic carbocycles. The molecule has 0 radical (unpaired) electrons. The maximum atomic E-state index is 9.60. The van der Waals surface area contributed by atoms with Gasteiger partial charge in [-0.2, -0.15) is 15.8 Å². The fourth-order valence-electron chi connectivity index (χ4n) is 4.47. The van der Waals surface area contributed by atoms with Crippen molar-refractivity contribution in [2.75, 3.05) is 4.90 Å². The second-order valence-corrected chi connectivity index (χ2v) is 8.95. The fraction of sp³-hybridized carbons (Fsp3) is 0. The summed E-state index contributed by atoms with van der Waals surface area (Å²) in [6.07, 6.45) is 1.74. The number of anilines is 3. The zero-order valence-electron chi connectivity index (χ0n) is 21.0. The molecule has 0 aliphatic rings. The smallest absolute Gasteiger partial charge is 0.227 e. The third-order valence-electron chi connectivity index (χ3n) is 6.42. The molecular formula is C33H18N6O. The van der Waals surface area contributed by atoms with E-state index in [1.54, 1.807) is 36.5 Å². The van der Waals surface area contributed by atoms with Crippen LogP contribution in [0.4, 0.5) is 17.1 Å². The van der Waals surface area contributed by atoms with Gasteiger partial charge in [0.2, 0.25) is 5.89 Å². The van der Waals surface area contributed by atoms with Crippen molar-refractivity contribution in [1.82, 2.24) is 9.97 Å². The first-order valence-corrected chi connectivity index (χ1v) is 12.3. The standard InChI is InChI=1S/C33H18N6O/c34-18-22-5-7-25(8-6-22)30-14-13-28(21-37-30)39(29-16-23(19-35)15-24(17-29)20-36)27-11-9-26(10-12-27)33-38-31-3-1-2-4-32(31)40-33/h1-17,21H. The molecule has 0 atom stereocenters. The zero-order chi connectivity index (χ0) is 27.5. The molecule has 0 saturated heterocycles. The molecular weight excluding hydrogens is 496 g/mol. The molecule has 7 heteroatoms. The quantitative estimate of drug-likeness (QED) is 0.232. The molecule has 0 N–H and O–H groups in total. The Bertz CT molecular complexity index is 1910. The van der Waals surface area contributed by atoms with Crippen LogP contribution in [0.2, 0.25) is 0 Å². The summed E-state index contributed by atoms with van der Waals surface area (Å²) >= 11 is 0. The van der Waals surface area contributed by atoms with E-state index in [1.807, 2.05) is 77.7 Å². The van der Waals surface area contributed by atoms with Crippen molar-refractivity contribution in [3.63, 3.8) is 0 Å². The number of benzene rings is 4. The Morgan fingerprint density at radius 3 is 1.88 bits per heavy atom. The second kappa shape index (κ2) is 10.3. The Morgan fingerprint density at radius 1 is 0.600 bits per heavy atom. The highest BCUT2D eigenvalue weighted by Crippen LogP contribution is 2.37. The number of hydrogen-bond acceptors (Lipinski definition) is 7. The summed E-state index contributed by atoms with van der Waals surface area (Å²) in [5, 5.41) is 28.3. The molecule has 0 fully saturated rings. The molecule has 2 heterocycles. The highest BCUT2D eigenvalue weighted by atomic mass is 16.3. The van der Waals surface area contributed by atoms with Crippen LogP contribution < -0.4 is 4.90 Å². The van der Waals surface area contributed by atoms with E-state index in [-0.39, 0.29) is 0 Å². The Balaban J connectivity index is 1.42. The molecule has 6 aromatic rings. The normalized spacial score (nSPS) is 10.4. The molecule has 0 spiro atoms. The van der Waals surface area contributed by atoms with Gasteiger partial charge in [-0.05, 0) is 78.9 Å². The monoisotopic (exact) mass is 514 g/mol. The zero-order valence-corrected chi connectivity index (χ0v) is 21.0. The van der Waals surface area contributed by atoms with E-state index in [0.717, 1.165) is 33.7 Å². The van der Waals surface area contributed by atoms with Crippen LogP contribution in [0.25, 0.3) is 33.8 Å². The van der Waals surface area contributed by atoms with Crippen LogP contribution in [0, 0.1) is 34.0 Å². The number of nitriles is 3. The van der Waals surface area contributed by atoms with Crippen LogP contribution in [0.3, 0.4) is 0 Å². The van der Waals surface area contributed by atoms with Crippen molar-refractivity contribution in [1.29, 1.82) is 15.8 Å². The van der Waals surface area contributed by atoms with Crippen molar-refractivity contribution >= 4 is 28.2 Å². The van der Waals surface area contributed by atoms with Gasteiger partial charge in [-0.1, -0.05) is 24.3 Å². The maximum absolute atomic E-state index is 9.60. The van der Waals surface area contributed by atoms with Gasteiger partial charge in [0.15, 0.2) is 5.58 Å². The van der Waals surface area contributed by atoms with Crippen molar-refractivity contribution in [2.45, 2.75) is 0 Å². The molecule has 40 heavy (non-hydrogen) atoms. The number of nitrogens with zero attached hydrogens (tertiary/aromatic N) is 6. The Kier molecular flexibility index (Phi) is 6.19. The van der Waals surface area contributed by atoms with Gasteiger partial charge in [0, 0.05) is 22.5 Å². The summed E-state index contributed by atoms with van der Waals surface area (Å²) in [4.78, 5) is 11.2. The molecule has 0 aliphatic heterocycles. The molecule has 7 nitrogen and oxygen atoms in total. The third kappa shape index (κ3) is 4.61. The highest BCUT2D eigenvalue weighted by Gasteiger charge is 2.17. The topological polar surface area (TPSA) is 114 Å². The summed E-state index contributed by atoms with van der Waals surface area (Å²) in [7, 11) is 0. The van der Waals surface area contributed by atoms with Gasteiger partial charge in [0.25, 0.3) is 0 Å². The summed E-state index contributed by atoms with van der Waals surface area (Å²) in [5.74, 6) is 0.519. The van der Waals surface area contributed by atoms with E-state index in [0.29, 0.717) is 33.9 Å². The molecule has 6 rings (SSSR count). The van der Waals surface area contributed by atoms with Crippen LogP contribution in [0.1, 0.15) is 16.7 Å². The molecule has 0 saturated carbocycles. The molecule has 186 valence electrons. The lowest BCUT2D eigenvalue weighted by atomic mass is 10.1. The van der Waals surface area contributed by atoms with Crippen LogP contribution in [-0.2, 0) is 0 Å². The van der Waals surface area contributed by atoms with Crippen LogP contribution >= 0.6 is 0 Å². The van der Waals surface area contributed by atoms with E-state index in [4.69, 9.17) is 9.68 Å². The Hall–Kier alpha value is -6.23. The summed E-state index contributed by atoms with van der Waals surface area (Å²) in [5.41, 5.74) is 7.49. The minimum atomic E-state index is 0.379. The van der Waals surface area contributed by atoms with E-state index in [2.05, 4.69) is 28.2 Å². The molecule has 0 unspecified atom stereocenters. The number of aromatic nitrogens is 2. The van der Waals surface area contributed by atoms with Crippen molar-refractivity contribution in [2.24, 2.45) is 0 Å². The minimum absolute atomic E-state index is 0.379. The maximum Gasteiger partial charge on any atom is 0.227 e. The van der Waals surface area contributed by atoms with Crippen molar-refractivity contribution in [3.05, 3.63) is 126 Å². The van der Waals surface area contributed by atoms with E-state index < -0.39 is 0 Å². The van der Waals surface area contributed by atoms with Crippen LogP contribution in [0.15, 0.2) is 114 Å². The second-order valence-electron chi connectivity index (χ2n) is 8.95. The van der Waals surface area contributed by atoms with Gasteiger partial charge in [-0.3, -0.25) is 4.98 Å². The molecule has 4 aromatic carbocycles. The number of hydrogen-bond donors (Lipinski definition) is 0. The Labute approximate surface area is 230 Å². The summed E-state index contributed by atoms with van der Waals surface area (Å²) < 4.78 is 5.93. The summed E-state index contributed by atoms with van der Waals surface area (Å²) in [6, 6.07) is 37.8. The molecule has 0 amide bonds. The summed E-state index contributed by atoms with van der Waals surface area (Å²) in [6.45, 7) is 0. The Morgan fingerprint density at radius 2 is 1.25 bits per heavy atom. The van der Waals surface area contributed by atoms with Gasteiger partial charge in [-0.15, -0.1) is 0 Å². The lowest BCUT2D eigenvalue weighted by Gasteiger charge is -2.25. The number of pyridine rings is 1. The molecule has 0 bridgehead atoms. The average Bonchev–Trinajstić information content (AvgIpc) is 3.46. The fourth-order valence-corrected chi connectivity index (χ4v) is 4.47. The number of fused-ring (bicyclic) bond motifs is 1. The van der Waals surface area contributed by atoms with E-state index in [1.165, 1.54) is 0 Å². The van der Waals surface area contributed by atoms with Gasteiger partial charge in [0.1, 0.15) is 5.52 Å². The number of rotatable bonds is 5.